The summed E-state index contributed by atoms with van der Waals surface area (Å²) in [5, 5.41) is 7.50. The maximum absolute atomic E-state index is 5.92. The standard InChI is InChI=1S/C19H21N3O/c1-13(2)12-23-19-9-4-3-8-16(19)18-11-17(21-22-18)14-6-5-7-15(20)10-14/h3-11,13H,12,20H2,1-2H3,(H,21,22). The lowest BCUT2D eigenvalue weighted by atomic mass is 10.1. The summed E-state index contributed by atoms with van der Waals surface area (Å²) in [7, 11) is 0. The van der Waals surface area contributed by atoms with Crippen LogP contribution in [-0.4, -0.2) is 16.8 Å². The molecule has 1 heterocycles. The molecule has 0 saturated heterocycles. The number of nitrogens with zero attached hydrogens (tertiary/aromatic N) is 1. The van der Waals surface area contributed by atoms with Crippen LogP contribution in [0.15, 0.2) is 54.6 Å². The molecule has 0 aliphatic carbocycles. The molecule has 2 aromatic carbocycles. The first kappa shape index (κ1) is 15.2. The second kappa shape index (κ2) is 6.57. The first-order valence-corrected chi connectivity index (χ1v) is 7.77. The third kappa shape index (κ3) is 3.54. The van der Waals surface area contributed by atoms with E-state index in [2.05, 4.69) is 24.0 Å². The van der Waals surface area contributed by atoms with E-state index in [0.29, 0.717) is 12.5 Å². The van der Waals surface area contributed by atoms with Gasteiger partial charge in [0.15, 0.2) is 0 Å². The van der Waals surface area contributed by atoms with Crippen LogP contribution in [0.4, 0.5) is 5.69 Å². The topological polar surface area (TPSA) is 63.9 Å². The van der Waals surface area contributed by atoms with E-state index in [0.717, 1.165) is 34.0 Å². The average molecular weight is 307 g/mol. The largest absolute Gasteiger partial charge is 0.493 e. The van der Waals surface area contributed by atoms with Gasteiger partial charge in [-0.25, -0.2) is 0 Å². The van der Waals surface area contributed by atoms with E-state index in [9.17, 15) is 0 Å². The summed E-state index contributed by atoms with van der Waals surface area (Å²) in [6.07, 6.45) is 0. The van der Waals surface area contributed by atoms with Gasteiger partial charge in [-0.3, -0.25) is 5.10 Å². The third-order valence-corrected chi connectivity index (χ3v) is 3.51. The Kier molecular flexibility index (Phi) is 4.33. The number of aromatic nitrogens is 2. The zero-order valence-corrected chi connectivity index (χ0v) is 13.4. The Morgan fingerprint density at radius 1 is 1.09 bits per heavy atom. The zero-order valence-electron chi connectivity index (χ0n) is 13.4. The Morgan fingerprint density at radius 3 is 2.70 bits per heavy atom. The summed E-state index contributed by atoms with van der Waals surface area (Å²) in [5.41, 5.74) is 10.4. The quantitative estimate of drug-likeness (QED) is 0.688. The van der Waals surface area contributed by atoms with Crippen molar-refractivity contribution in [3.63, 3.8) is 0 Å². The van der Waals surface area contributed by atoms with Crippen LogP contribution in [0, 0.1) is 5.92 Å². The molecule has 0 atom stereocenters. The molecule has 3 N–H and O–H groups in total. The first-order chi connectivity index (χ1) is 11.1. The summed E-state index contributed by atoms with van der Waals surface area (Å²) in [5.74, 6) is 1.34. The van der Waals surface area contributed by atoms with Gasteiger partial charge >= 0.3 is 0 Å². The Morgan fingerprint density at radius 2 is 1.91 bits per heavy atom. The molecule has 4 nitrogen and oxygen atoms in total. The van der Waals surface area contributed by atoms with Gasteiger partial charge in [0.1, 0.15) is 5.75 Å². The summed E-state index contributed by atoms with van der Waals surface area (Å²) < 4.78 is 5.92. The molecular formula is C19H21N3O. The fraction of sp³-hybridized carbons (Fsp3) is 0.211. The second-order valence-electron chi connectivity index (χ2n) is 5.99. The van der Waals surface area contributed by atoms with Crippen molar-refractivity contribution in [3.05, 3.63) is 54.6 Å². The van der Waals surface area contributed by atoms with Crippen molar-refractivity contribution in [3.8, 4) is 28.3 Å². The number of nitrogen functional groups attached to an aromatic ring is 1. The van der Waals surface area contributed by atoms with Crippen molar-refractivity contribution >= 4 is 5.69 Å². The molecule has 1 aromatic heterocycles. The van der Waals surface area contributed by atoms with E-state index in [1.54, 1.807) is 0 Å². The number of aromatic amines is 1. The van der Waals surface area contributed by atoms with E-state index < -0.39 is 0 Å². The highest BCUT2D eigenvalue weighted by atomic mass is 16.5. The first-order valence-electron chi connectivity index (χ1n) is 7.77. The Balaban J connectivity index is 1.91. The minimum absolute atomic E-state index is 0.479. The van der Waals surface area contributed by atoms with Crippen LogP contribution in [-0.2, 0) is 0 Å². The summed E-state index contributed by atoms with van der Waals surface area (Å²) in [4.78, 5) is 0. The van der Waals surface area contributed by atoms with Gasteiger partial charge in [0.25, 0.3) is 0 Å². The smallest absolute Gasteiger partial charge is 0.128 e. The molecule has 0 aliphatic rings. The highest BCUT2D eigenvalue weighted by Crippen LogP contribution is 2.31. The Bertz CT molecular complexity index is 793. The molecule has 3 aromatic rings. The number of anilines is 1. The molecule has 0 bridgehead atoms. The van der Waals surface area contributed by atoms with Crippen LogP contribution < -0.4 is 10.5 Å². The number of hydrogen-bond donors (Lipinski definition) is 2. The normalized spacial score (nSPS) is 10.9. The van der Waals surface area contributed by atoms with Gasteiger partial charge in [-0.1, -0.05) is 38.1 Å². The molecule has 0 aliphatic heterocycles. The van der Waals surface area contributed by atoms with E-state index >= 15 is 0 Å². The average Bonchev–Trinajstić information content (AvgIpc) is 3.03. The predicted octanol–water partition coefficient (Wildman–Crippen LogP) is 4.36. The van der Waals surface area contributed by atoms with E-state index in [-0.39, 0.29) is 0 Å². The van der Waals surface area contributed by atoms with Crippen molar-refractivity contribution in [1.29, 1.82) is 0 Å². The lowest BCUT2D eigenvalue weighted by Gasteiger charge is -2.11. The number of rotatable bonds is 5. The van der Waals surface area contributed by atoms with Crippen LogP contribution in [0.2, 0.25) is 0 Å². The van der Waals surface area contributed by atoms with Crippen LogP contribution in [0.1, 0.15) is 13.8 Å². The molecule has 0 fully saturated rings. The number of ether oxygens (including phenoxy) is 1. The monoisotopic (exact) mass is 307 g/mol. The molecule has 0 unspecified atom stereocenters. The van der Waals surface area contributed by atoms with Gasteiger partial charge < -0.3 is 10.5 Å². The summed E-state index contributed by atoms with van der Waals surface area (Å²) in [6, 6.07) is 17.7. The second-order valence-corrected chi connectivity index (χ2v) is 5.99. The molecule has 23 heavy (non-hydrogen) atoms. The fourth-order valence-electron chi connectivity index (χ4n) is 2.38. The highest BCUT2D eigenvalue weighted by Gasteiger charge is 2.11. The maximum Gasteiger partial charge on any atom is 0.128 e. The number of H-pyrrole nitrogens is 1. The van der Waals surface area contributed by atoms with E-state index in [1.165, 1.54) is 0 Å². The van der Waals surface area contributed by atoms with Crippen molar-refractivity contribution in [2.45, 2.75) is 13.8 Å². The van der Waals surface area contributed by atoms with Crippen molar-refractivity contribution in [2.75, 3.05) is 12.3 Å². The zero-order chi connectivity index (χ0) is 16.2. The lowest BCUT2D eigenvalue weighted by Crippen LogP contribution is -2.05. The minimum Gasteiger partial charge on any atom is -0.493 e. The fourth-order valence-corrected chi connectivity index (χ4v) is 2.38. The van der Waals surface area contributed by atoms with Crippen molar-refractivity contribution in [1.82, 2.24) is 10.2 Å². The summed E-state index contributed by atoms with van der Waals surface area (Å²) in [6.45, 7) is 4.96. The third-order valence-electron chi connectivity index (χ3n) is 3.51. The number of nitrogens with one attached hydrogen (secondary N) is 1. The van der Waals surface area contributed by atoms with Gasteiger partial charge in [0, 0.05) is 16.8 Å². The molecule has 0 radical (unpaired) electrons. The van der Waals surface area contributed by atoms with Gasteiger partial charge in [0.2, 0.25) is 0 Å². The Hall–Kier alpha value is -2.75. The number of hydrogen-bond acceptors (Lipinski definition) is 3. The molecule has 4 heteroatoms. The Labute approximate surface area is 136 Å². The van der Waals surface area contributed by atoms with Crippen LogP contribution in [0.3, 0.4) is 0 Å². The lowest BCUT2D eigenvalue weighted by molar-refractivity contribution is 0.272. The SMILES string of the molecule is CC(C)COc1ccccc1-c1cc(-c2cccc(N)c2)n[nH]1. The van der Waals surface area contributed by atoms with Crippen LogP contribution in [0.25, 0.3) is 22.5 Å². The maximum atomic E-state index is 5.92. The van der Waals surface area contributed by atoms with Gasteiger partial charge in [-0.2, -0.15) is 5.10 Å². The highest BCUT2D eigenvalue weighted by molar-refractivity contribution is 5.73. The van der Waals surface area contributed by atoms with Gasteiger partial charge in [-0.05, 0) is 36.2 Å². The van der Waals surface area contributed by atoms with E-state index in [4.69, 9.17) is 10.5 Å². The van der Waals surface area contributed by atoms with Crippen LogP contribution in [0.5, 0.6) is 5.75 Å². The predicted molar refractivity (Wildman–Crippen MR) is 94.2 cm³/mol. The molecule has 3 rings (SSSR count). The van der Waals surface area contributed by atoms with Crippen molar-refractivity contribution < 1.29 is 4.74 Å². The van der Waals surface area contributed by atoms with Crippen molar-refractivity contribution in [2.24, 2.45) is 5.92 Å². The van der Waals surface area contributed by atoms with Gasteiger partial charge in [-0.15, -0.1) is 0 Å². The molecule has 0 amide bonds. The van der Waals surface area contributed by atoms with Gasteiger partial charge in [0.05, 0.1) is 18.0 Å². The minimum atomic E-state index is 0.479. The molecule has 0 spiro atoms. The van der Waals surface area contributed by atoms with Crippen LogP contribution >= 0.6 is 0 Å². The summed E-state index contributed by atoms with van der Waals surface area (Å²) >= 11 is 0. The molecular weight excluding hydrogens is 286 g/mol. The number of nitrogens with two attached hydrogens (primary N) is 1. The molecule has 118 valence electrons. The number of para-hydroxylation sites is 1. The van der Waals surface area contributed by atoms with E-state index in [1.807, 2.05) is 54.6 Å². The molecule has 0 saturated carbocycles. The number of benzene rings is 2.